The Balaban J connectivity index is 2.77. The first-order valence-electron chi connectivity index (χ1n) is 7.25. The fraction of sp³-hybridized carbons (Fsp3) is 1.00. The fourth-order valence-corrected chi connectivity index (χ4v) is 4.01. The summed E-state index contributed by atoms with van der Waals surface area (Å²) in [6.07, 6.45) is 11.7. The lowest BCUT2D eigenvalue weighted by Gasteiger charge is -2.44. The van der Waals surface area contributed by atoms with Gasteiger partial charge < -0.3 is 5.11 Å². The zero-order chi connectivity index (χ0) is 12.1. The highest BCUT2D eigenvalue weighted by Crippen LogP contribution is 2.59. The van der Waals surface area contributed by atoms with Crippen molar-refractivity contribution in [1.29, 1.82) is 0 Å². The molecule has 2 atom stereocenters. The summed E-state index contributed by atoms with van der Waals surface area (Å²) in [5.41, 5.74) is 0.952. The van der Waals surface area contributed by atoms with Gasteiger partial charge in [-0.15, -0.1) is 0 Å². The van der Waals surface area contributed by atoms with Gasteiger partial charge in [-0.25, -0.2) is 0 Å². The normalized spacial score (nSPS) is 34.5. The van der Waals surface area contributed by atoms with Gasteiger partial charge in [-0.1, -0.05) is 46.5 Å². The van der Waals surface area contributed by atoms with Gasteiger partial charge in [-0.05, 0) is 42.9 Å². The average Bonchev–Trinajstić information content (AvgIpc) is 2.56. The zero-order valence-corrected chi connectivity index (χ0v) is 11.5. The molecule has 1 rings (SSSR count). The van der Waals surface area contributed by atoms with Crippen LogP contribution in [0.4, 0.5) is 0 Å². The predicted octanol–water partition coefficient (Wildman–Crippen LogP) is 4.54. The zero-order valence-electron chi connectivity index (χ0n) is 11.5. The average molecular weight is 226 g/mol. The van der Waals surface area contributed by atoms with Crippen molar-refractivity contribution in [1.82, 2.24) is 0 Å². The lowest BCUT2D eigenvalue weighted by atomic mass is 9.61. The summed E-state index contributed by atoms with van der Waals surface area (Å²) in [4.78, 5) is 0. The Morgan fingerprint density at radius 2 is 1.75 bits per heavy atom. The van der Waals surface area contributed by atoms with Crippen molar-refractivity contribution >= 4 is 0 Å². The summed E-state index contributed by atoms with van der Waals surface area (Å²) in [5.74, 6) is 0. The van der Waals surface area contributed by atoms with Crippen molar-refractivity contribution in [3.63, 3.8) is 0 Å². The molecule has 0 heterocycles. The van der Waals surface area contributed by atoms with Gasteiger partial charge in [0.15, 0.2) is 0 Å². The summed E-state index contributed by atoms with van der Waals surface area (Å²) < 4.78 is 0. The molecule has 0 aromatic carbocycles. The smallest absolute Gasteiger partial charge is 0.0436 e. The third-order valence-electron chi connectivity index (χ3n) is 5.07. The van der Waals surface area contributed by atoms with E-state index in [1.807, 2.05) is 0 Å². The standard InChI is InChI=1S/C15H30O/c1-4-6-9-14(3)10-7-11-15(14,8-5-2)12-13-16/h16H,4-13H2,1-3H3. The minimum Gasteiger partial charge on any atom is -0.396 e. The van der Waals surface area contributed by atoms with Gasteiger partial charge in [-0.2, -0.15) is 0 Å². The van der Waals surface area contributed by atoms with Crippen molar-refractivity contribution < 1.29 is 5.11 Å². The quantitative estimate of drug-likeness (QED) is 0.676. The maximum absolute atomic E-state index is 9.38. The van der Waals surface area contributed by atoms with Crippen molar-refractivity contribution in [3.8, 4) is 0 Å². The molecule has 1 N–H and O–H groups in total. The molecule has 1 aliphatic rings. The van der Waals surface area contributed by atoms with E-state index >= 15 is 0 Å². The molecule has 0 spiro atoms. The minimum atomic E-state index is 0.377. The molecule has 0 aliphatic heterocycles. The first-order valence-corrected chi connectivity index (χ1v) is 7.25. The largest absolute Gasteiger partial charge is 0.396 e. The van der Waals surface area contributed by atoms with E-state index < -0.39 is 0 Å². The molecule has 1 nitrogen and oxygen atoms in total. The van der Waals surface area contributed by atoms with E-state index in [9.17, 15) is 5.11 Å². The molecule has 0 saturated heterocycles. The van der Waals surface area contributed by atoms with Gasteiger partial charge in [0.05, 0.1) is 0 Å². The maximum atomic E-state index is 9.38. The molecule has 0 bridgehead atoms. The Labute approximate surface area is 102 Å². The van der Waals surface area contributed by atoms with Gasteiger partial charge in [0.2, 0.25) is 0 Å². The lowest BCUT2D eigenvalue weighted by molar-refractivity contribution is 0.0359. The van der Waals surface area contributed by atoms with E-state index in [1.165, 1.54) is 51.4 Å². The molecule has 1 saturated carbocycles. The molecule has 0 aromatic heterocycles. The topological polar surface area (TPSA) is 20.2 Å². The third-order valence-corrected chi connectivity index (χ3v) is 5.07. The van der Waals surface area contributed by atoms with Crippen LogP contribution in [-0.4, -0.2) is 11.7 Å². The molecule has 96 valence electrons. The number of aliphatic hydroxyl groups is 1. The van der Waals surface area contributed by atoms with Crippen LogP contribution in [0.3, 0.4) is 0 Å². The molecule has 0 radical (unpaired) electrons. The Kier molecular flexibility index (Phi) is 5.30. The van der Waals surface area contributed by atoms with E-state index in [4.69, 9.17) is 0 Å². The Hall–Kier alpha value is -0.0400. The summed E-state index contributed by atoms with van der Waals surface area (Å²) >= 11 is 0. The van der Waals surface area contributed by atoms with Gasteiger partial charge >= 0.3 is 0 Å². The van der Waals surface area contributed by atoms with E-state index in [2.05, 4.69) is 20.8 Å². The Morgan fingerprint density at radius 3 is 2.31 bits per heavy atom. The van der Waals surface area contributed by atoms with Crippen LogP contribution in [0.25, 0.3) is 0 Å². The number of hydrogen-bond acceptors (Lipinski definition) is 1. The number of rotatable bonds is 7. The van der Waals surface area contributed by atoms with Crippen LogP contribution in [0.5, 0.6) is 0 Å². The molecular weight excluding hydrogens is 196 g/mol. The minimum absolute atomic E-state index is 0.377. The highest BCUT2D eigenvalue weighted by Gasteiger charge is 2.49. The van der Waals surface area contributed by atoms with Crippen molar-refractivity contribution in [2.75, 3.05) is 6.61 Å². The van der Waals surface area contributed by atoms with E-state index in [0.717, 1.165) is 6.42 Å². The van der Waals surface area contributed by atoms with Crippen LogP contribution in [-0.2, 0) is 0 Å². The van der Waals surface area contributed by atoms with Crippen molar-refractivity contribution in [2.24, 2.45) is 10.8 Å². The second kappa shape index (κ2) is 6.05. The number of hydrogen-bond donors (Lipinski definition) is 1. The molecule has 1 heteroatoms. The first-order chi connectivity index (χ1) is 7.64. The summed E-state index contributed by atoms with van der Waals surface area (Å²) in [7, 11) is 0. The highest BCUT2D eigenvalue weighted by molar-refractivity contribution is 4.99. The van der Waals surface area contributed by atoms with E-state index in [-0.39, 0.29) is 0 Å². The highest BCUT2D eigenvalue weighted by atomic mass is 16.3. The van der Waals surface area contributed by atoms with Crippen LogP contribution in [0.15, 0.2) is 0 Å². The van der Waals surface area contributed by atoms with Gasteiger partial charge in [0.1, 0.15) is 0 Å². The number of unbranched alkanes of at least 4 members (excludes halogenated alkanes) is 1. The monoisotopic (exact) mass is 226 g/mol. The summed E-state index contributed by atoms with van der Waals surface area (Å²) in [6.45, 7) is 7.44. The van der Waals surface area contributed by atoms with Gasteiger partial charge in [0.25, 0.3) is 0 Å². The maximum Gasteiger partial charge on any atom is 0.0436 e. The molecule has 0 aromatic rings. The van der Waals surface area contributed by atoms with Crippen LogP contribution < -0.4 is 0 Å². The third kappa shape index (κ3) is 2.61. The SMILES string of the molecule is CCCCC1(C)CCCC1(CCC)CCO. The molecule has 2 unspecified atom stereocenters. The summed E-state index contributed by atoms with van der Waals surface area (Å²) in [6, 6.07) is 0. The lowest BCUT2D eigenvalue weighted by Crippen LogP contribution is -2.36. The molecule has 1 aliphatic carbocycles. The second-order valence-electron chi connectivity index (χ2n) is 6.02. The molecular formula is C15H30O. The van der Waals surface area contributed by atoms with Crippen LogP contribution in [0.1, 0.15) is 78.6 Å². The van der Waals surface area contributed by atoms with Crippen molar-refractivity contribution in [2.45, 2.75) is 78.6 Å². The fourth-order valence-electron chi connectivity index (χ4n) is 4.01. The van der Waals surface area contributed by atoms with E-state index in [0.29, 0.717) is 17.4 Å². The van der Waals surface area contributed by atoms with Crippen LogP contribution >= 0.6 is 0 Å². The summed E-state index contributed by atoms with van der Waals surface area (Å²) in [5, 5.41) is 9.38. The van der Waals surface area contributed by atoms with E-state index in [1.54, 1.807) is 0 Å². The predicted molar refractivity (Wildman–Crippen MR) is 70.5 cm³/mol. The Morgan fingerprint density at radius 1 is 1.00 bits per heavy atom. The second-order valence-corrected chi connectivity index (χ2v) is 6.02. The first kappa shape index (κ1) is 14.0. The van der Waals surface area contributed by atoms with Crippen molar-refractivity contribution in [3.05, 3.63) is 0 Å². The van der Waals surface area contributed by atoms with Crippen LogP contribution in [0, 0.1) is 10.8 Å². The molecule has 0 amide bonds. The molecule has 16 heavy (non-hydrogen) atoms. The van der Waals surface area contributed by atoms with Crippen LogP contribution in [0.2, 0.25) is 0 Å². The molecule has 1 fully saturated rings. The Bertz CT molecular complexity index is 194. The van der Waals surface area contributed by atoms with Gasteiger partial charge in [-0.3, -0.25) is 0 Å². The van der Waals surface area contributed by atoms with Gasteiger partial charge in [0, 0.05) is 6.61 Å². The number of aliphatic hydroxyl groups excluding tert-OH is 1.